The standard InChI is InChI=1S/C34H57N5O7/c1-12-15-35-29(42)26(40)23(16-21-13-14-21)36-28(41)24-17-22(19(2)3)18-39(24)30(43)27(33(6,7)8)38-32(45)37-25(20(4)5)31(44)46-34(9,10)11/h12,19-25,27H,1,13-18H2,2-11H3,(H,35,42)(H,36,41)(H2,37,38,45)/t22-,23?,24+,25+,27-/m1/s1. The number of nitrogens with one attached hydrogen (secondary N) is 4. The number of urea groups is 1. The quantitative estimate of drug-likeness (QED) is 0.128. The lowest BCUT2D eigenvalue weighted by atomic mass is 9.85. The number of rotatable bonds is 14. The van der Waals surface area contributed by atoms with Crippen LogP contribution in [0.1, 0.15) is 94.9 Å². The number of amides is 5. The summed E-state index contributed by atoms with van der Waals surface area (Å²) in [5.74, 6) is -2.93. The summed E-state index contributed by atoms with van der Waals surface area (Å²) in [5, 5.41) is 10.7. The van der Waals surface area contributed by atoms with Gasteiger partial charge in [0.2, 0.25) is 17.6 Å². The van der Waals surface area contributed by atoms with E-state index in [1.165, 1.54) is 11.0 Å². The minimum Gasteiger partial charge on any atom is -0.458 e. The Kier molecular flexibility index (Phi) is 13.4. The van der Waals surface area contributed by atoms with Crippen LogP contribution in [-0.4, -0.2) is 83.3 Å². The largest absolute Gasteiger partial charge is 0.458 e. The molecule has 5 amide bonds. The molecule has 1 unspecified atom stereocenters. The third-order valence-electron chi connectivity index (χ3n) is 8.39. The number of carbonyl (C=O) groups excluding carboxylic acids is 6. The van der Waals surface area contributed by atoms with Gasteiger partial charge in [0, 0.05) is 13.1 Å². The summed E-state index contributed by atoms with van der Waals surface area (Å²) >= 11 is 0. The molecule has 0 bridgehead atoms. The maximum Gasteiger partial charge on any atom is 0.329 e. The normalized spacial score (nSPS) is 20.4. The van der Waals surface area contributed by atoms with Gasteiger partial charge in [0.25, 0.3) is 5.91 Å². The van der Waals surface area contributed by atoms with Crippen LogP contribution in [0.3, 0.4) is 0 Å². The molecule has 1 saturated heterocycles. The zero-order valence-electron chi connectivity index (χ0n) is 29.5. The zero-order chi connectivity index (χ0) is 35.1. The number of carbonyl (C=O) groups is 6. The van der Waals surface area contributed by atoms with Crippen LogP contribution in [0.25, 0.3) is 0 Å². The fourth-order valence-electron chi connectivity index (χ4n) is 5.43. The maximum atomic E-state index is 14.3. The minimum absolute atomic E-state index is 0.000100. The first kappa shape index (κ1) is 38.7. The molecule has 2 rings (SSSR count). The van der Waals surface area contributed by atoms with Crippen LogP contribution in [0.5, 0.6) is 0 Å². The highest BCUT2D eigenvalue weighted by molar-refractivity contribution is 6.38. The highest BCUT2D eigenvalue weighted by atomic mass is 16.6. The molecule has 2 aliphatic rings. The van der Waals surface area contributed by atoms with Gasteiger partial charge in [0.15, 0.2) is 0 Å². The van der Waals surface area contributed by atoms with Gasteiger partial charge in [0.05, 0.1) is 6.04 Å². The SMILES string of the molecule is C=CCNC(=O)C(=O)C(CC1CC1)NC(=O)[C@@H]1C[C@@H](C(C)C)CN1C(=O)[C@@H](NC(=O)N[C@H](C(=O)OC(C)(C)C)C(C)C)C(C)(C)C. The molecule has 1 heterocycles. The van der Waals surface area contributed by atoms with Crippen molar-refractivity contribution in [2.75, 3.05) is 13.1 Å². The lowest BCUT2D eigenvalue weighted by Crippen LogP contribution is -2.61. The third-order valence-corrected chi connectivity index (χ3v) is 8.39. The molecule has 0 aromatic rings. The van der Waals surface area contributed by atoms with E-state index in [-0.39, 0.29) is 36.8 Å². The third kappa shape index (κ3) is 11.4. The molecule has 1 aliphatic heterocycles. The summed E-state index contributed by atoms with van der Waals surface area (Å²) in [6.07, 6.45) is 4.03. The molecule has 1 aliphatic carbocycles. The fourth-order valence-corrected chi connectivity index (χ4v) is 5.43. The Hall–Kier alpha value is -3.44. The van der Waals surface area contributed by atoms with Crippen molar-refractivity contribution >= 4 is 35.5 Å². The van der Waals surface area contributed by atoms with Gasteiger partial charge in [-0.05, 0) is 62.7 Å². The van der Waals surface area contributed by atoms with Crippen LogP contribution in [0.15, 0.2) is 12.7 Å². The van der Waals surface area contributed by atoms with E-state index >= 15 is 0 Å². The van der Waals surface area contributed by atoms with E-state index < -0.39 is 70.7 Å². The Morgan fingerprint density at radius 1 is 0.935 bits per heavy atom. The van der Waals surface area contributed by atoms with Gasteiger partial charge in [-0.1, -0.05) is 67.4 Å². The van der Waals surface area contributed by atoms with Gasteiger partial charge in [-0.25, -0.2) is 9.59 Å². The Labute approximate surface area is 274 Å². The average Bonchev–Trinajstić information content (AvgIpc) is 3.63. The van der Waals surface area contributed by atoms with Crippen LogP contribution < -0.4 is 21.3 Å². The molecule has 260 valence electrons. The molecule has 1 saturated carbocycles. The molecule has 12 nitrogen and oxygen atoms in total. The smallest absolute Gasteiger partial charge is 0.329 e. The lowest BCUT2D eigenvalue weighted by Gasteiger charge is -2.36. The second-order valence-electron chi connectivity index (χ2n) is 15.5. The van der Waals surface area contributed by atoms with Crippen molar-refractivity contribution in [3.63, 3.8) is 0 Å². The average molecular weight is 648 g/mol. The van der Waals surface area contributed by atoms with Crippen molar-refractivity contribution in [2.24, 2.45) is 29.1 Å². The number of likely N-dealkylation sites (tertiary alicyclic amines) is 1. The molecular formula is C34H57N5O7. The molecule has 0 radical (unpaired) electrons. The number of hydrogen-bond donors (Lipinski definition) is 4. The Balaban J connectivity index is 2.30. The van der Waals surface area contributed by atoms with Crippen molar-refractivity contribution in [1.29, 1.82) is 0 Å². The first-order valence-corrected chi connectivity index (χ1v) is 16.5. The van der Waals surface area contributed by atoms with Gasteiger partial charge in [-0.15, -0.1) is 6.58 Å². The summed E-state index contributed by atoms with van der Waals surface area (Å²) < 4.78 is 5.49. The number of ether oxygens (including phenoxy) is 1. The van der Waals surface area contributed by atoms with Crippen LogP contribution in [0.4, 0.5) is 4.79 Å². The summed E-state index contributed by atoms with van der Waals surface area (Å²) in [6.45, 7) is 22.2. The van der Waals surface area contributed by atoms with Crippen molar-refractivity contribution in [3.05, 3.63) is 12.7 Å². The van der Waals surface area contributed by atoms with Crippen LogP contribution in [0.2, 0.25) is 0 Å². The summed E-state index contributed by atoms with van der Waals surface area (Å²) in [6, 6.07) is -4.61. The molecule has 0 aromatic carbocycles. The van der Waals surface area contributed by atoms with Crippen LogP contribution >= 0.6 is 0 Å². The van der Waals surface area contributed by atoms with Crippen molar-refractivity contribution in [1.82, 2.24) is 26.2 Å². The highest BCUT2D eigenvalue weighted by Gasteiger charge is 2.46. The van der Waals surface area contributed by atoms with E-state index in [0.29, 0.717) is 12.8 Å². The molecule has 4 N–H and O–H groups in total. The number of nitrogens with zero attached hydrogens (tertiary/aromatic N) is 1. The second-order valence-corrected chi connectivity index (χ2v) is 15.5. The summed E-state index contributed by atoms with van der Waals surface area (Å²) in [7, 11) is 0. The maximum absolute atomic E-state index is 14.3. The lowest BCUT2D eigenvalue weighted by molar-refractivity contribution is -0.158. The molecular weight excluding hydrogens is 590 g/mol. The van der Waals surface area contributed by atoms with Crippen LogP contribution in [-0.2, 0) is 28.7 Å². The van der Waals surface area contributed by atoms with Gasteiger partial charge in [-0.2, -0.15) is 0 Å². The van der Waals surface area contributed by atoms with Gasteiger partial charge >= 0.3 is 12.0 Å². The van der Waals surface area contributed by atoms with Gasteiger partial charge in [0.1, 0.15) is 23.7 Å². The molecule has 0 spiro atoms. The van der Waals surface area contributed by atoms with E-state index in [2.05, 4.69) is 27.8 Å². The Bertz CT molecular complexity index is 1150. The number of esters is 1. The second kappa shape index (κ2) is 15.9. The molecule has 12 heteroatoms. The summed E-state index contributed by atoms with van der Waals surface area (Å²) in [4.78, 5) is 81.3. The molecule has 46 heavy (non-hydrogen) atoms. The van der Waals surface area contributed by atoms with E-state index in [4.69, 9.17) is 4.74 Å². The topological polar surface area (TPSA) is 163 Å². The van der Waals surface area contributed by atoms with Crippen molar-refractivity contribution < 1.29 is 33.5 Å². The van der Waals surface area contributed by atoms with Gasteiger partial charge < -0.3 is 30.9 Å². The molecule has 5 atom stereocenters. The van der Waals surface area contributed by atoms with Gasteiger partial charge in [-0.3, -0.25) is 19.2 Å². The first-order chi connectivity index (χ1) is 21.2. The number of hydrogen-bond acceptors (Lipinski definition) is 7. The monoisotopic (exact) mass is 647 g/mol. The highest BCUT2D eigenvalue weighted by Crippen LogP contribution is 2.35. The Morgan fingerprint density at radius 3 is 2.02 bits per heavy atom. The number of ketones is 1. The minimum atomic E-state index is -1.05. The fraction of sp³-hybridized carbons (Fsp3) is 0.765. The zero-order valence-corrected chi connectivity index (χ0v) is 29.5. The number of Topliss-reactive ketones (excluding diaryl/α,β-unsaturated/α-hetero) is 1. The molecule has 0 aromatic heterocycles. The summed E-state index contributed by atoms with van der Waals surface area (Å²) in [5.41, 5.74) is -1.51. The van der Waals surface area contributed by atoms with E-state index in [1.807, 2.05) is 13.8 Å². The van der Waals surface area contributed by atoms with E-state index in [1.54, 1.807) is 55.4 Å². The van der Waals surface area contributed by atoms with E-state index in [9.17, 15) is 28.8 Å². The van der Waals surface area contributed by atoms with Crippen molar-refractivity contribution in [2.45, 2.75) is 125 Å². The van der Waals surface area contributed by atoms with Crippen molar-refractivity contribution in [3.8, 4) is 0 Å². The Morgan fingerprint density at radius 2 is 1.54 bits per heavy atom. The first-order valence-electron chi connectivity index (χ1n) is 16.5. The molecule has 2 fully saturated rings. The van der Waals surface area contributed by atoms with E-state index in [0.717, 1.165) is 12.8 Å². The predicted molar refractivity (Wildman–Crippen MR) is 175 cm³/mol. The van der Waals surface area contributed by atoms with Crippen LogP contribution in [0, 0.1) is 29.1 Å². The predicted octanol–water partition coefficient (Wildman–Crippen LogP) is 3.10.